The van der Waals surface area contributed by atoms with Crippen molar-refractivity contribution in [1.82, 2.24) is 4.90 Å². The summed E-state index contributed by atoms with van der Waals surface area (Å²) in [5.74, 6) is -1.08. The van der Waals surface area contributed by atoms with E-state index in [-0.39, 0.29) is 25.0 Å². The first-order chi connectivity index (χ1) is 9.01. The fraction of sp³-hybridized carbons (Fsp3) is 0.846. The molecule has 0 aliphatic carbocycles. The highest BCUT2D eigenvalue weighted by atomic mass is 16.5. The van der Waals surface area contributed by atoms with E-state index >= 15 is 0 Å². The molecule has 110 valence electrons. The molecule has 1 aliphatic rings. The fourth-order valence-electron chi connectivity index (χ4n) is 2.81. The molecule has 1 heterocycles. The summed E-state index contributed by atoms with van der Waals surface area (Å²) in [6.45, 7) is 2.69. The zero-order valence-electron chi connectivity index (χ0n) is 11.7. The third-order valence-corrected chi connectivity index (χ3v) is 3.85. The number of methoxy groups -OCH3 is 1. The molecule has 0 aromatic rings. The second kappa shape index (κ2) is 6.86. The monoisotopic (exact) mass is 272 g/mol. The van der Waals surface area contributed by atoms with Crippen molar-refractivity contribution in [1.29, 1.82) is 0 Å². The van der Waals surface area contributed by atoms with E-state index in [4.69, 9.17) is 10.5 Å². The van der Waals surface area contributed by atoms with Crippen LogP contribution in [0.4, 0.5) is 0 Å². The predicted molar refractivity (Wildman–Crippen MR) is 70.7 cm³/mol. The van der Waals surface area contributed by atoms with Gasteiger partial charge in [0.25, 0.3) is 0 Å². The van der Waals surface area contributed by atoms with Gasteiger partial charge in [-0.15, -0.1) is 0 Å². The lowest BCUT2D eigenvalue weighted by atomic mass is 9.90. The highest BCUT2D eigenvalue weighted by Gasteiger charge is 2.49. The van der Waals surface area contributed by atoms with Gasteiger partial charge in [-0.05, 0) is 19.3 Å². The van der Waals surface area contributed by atoms with Gasteiger partial charge in [-0.1, -0.05) is 13.3 Å². The Morgan fingerprint density at radius 3 is 2.68 bits per heavy atom. The van der Waals surface area contributed by atoms with Crippen molar-refractivity contribution in [3.63, 3.8) is 0 Å². The Morgan fingerprint density at radius 1 is 1.53 bits per heavy atom. The molecule has 6 nitrogen and oxygen atoms in total. The third-order valence-electron chi connectivity index (χ3n) is 3.85. The smallest absolute Gasteiger partial charge is 0.329 e. The quantitative estimate of drug-likeness (QED) is 0.708. The van der Waals surface area contributed by atoms with E-state index in [0.717, 1.165) is 12.8 Å². The van der Waals surface area contributed by atoms with E-state index in [2.05, 4.69) is 0 Å². The fourth-order valence-corrected chi connectivity index (χ4v) is 2.81. The highest BCUT2D eigenvalue weighted by Crippen LogP contribution is 2.34. The van der Waals surface area contributed by atoms with Crippen molar-refractivity contribution in [3.8, 4) is 0 Å². The van der Waals surface area contributed by atoms with Crippen molar-refractivity contribution in [2.75, 3.05) is 20.2 Å². The summed E-state index contributed by atoms with van der Waals surface area (Å²) < 4.78 is 5.10. The molecule has 0 aromatic carbocycles. The van der Waals surface area contributed by atoms with Crippen molar-refractivity contribution in [2.45, 2.75) is 50.7 Å². The number of aliphatic carboxylic acids is 1. The molecule has 19 heavy (non-hydrogen) atoms. The third kappa shape index (κ3) is 3.25. The summed E-state index contributed by atoms with van der Waals surface area (Å²) in [6, 6.07) is 0. The minimum absolute atomic E-state index is 0.145. The number of carbonyl (C=O) groups is 2. The Bertz CT molecular complexity index is 331. The Kier molecular flexibility index (Phi) is 5.75. The molecule has 2 atom stereocenters. The number of rotatable bonds is 7. The van der Waals surface area contributed by atoms with Crippen molar-refractivity contribution in [3.05, 3.63) is 0 Å². The number of carbonyl (C=O) groups excluding carboxylic acids is 1. The zero-order valence-corrected chi connectivity index (χ0v) is 11.7. The van der Waals surface area contributed by atoms with Gasteiger partial charge >= 0.3 is 5.97 Å². The van der Waals surface area contributed by atoms with Crippen molar-refractivity contribution in [2.24, 2.45) is 5.73 Å². The lowest BCUT2D eigenvalue weighted by Gasteiger charge is -2.35. The summed E-state index contributed by atoms with van der Waals surface area (Å²) in [7, 11) is 1.51. The number of ether oxygens (including phenoxy) is 1. The summed E-state index contributed by atoms with van der Waals surface area (Å²) in [5.41, 5.74) is 4.48. The van der Waals surface area contributed by atoms with Crippen LogP contribution in [0.15, 0.2) is 0 Å². The van der Waals surface area contributed by atoms with Crippen LogP contribution in [-0.2, 0) is 14.3 Å². The summed E-state index contributed by atoms with van der Waals surface area (Å²) in [5, 5.41) is 9.51. The molecule has 0 spiro atoms. The summed E-state index contributed by atoms with van der Waals surface area (Å²) >= 11 is 0. The topological polar surface area (TPSA) is 92.9 Å². The van der Waals surface area contributed by atoms with Gasteiger partial charge in [0.2, 0.25) is 5.91 Å². The van der Waals surface area contributed by atoms with Gasteiger partial charge in [0, 0.05) is 20.2 Å². The van der Waals surface area contributed by atoms with Crippen molar-refractivity contribution >= 4 is 11.9 Å². The molecule has 6 heteroatoms. The van der Waals surface area contributed by atoms with E-state index in [0.29, 0.717) is 19.4 Å². The molecule has 1 fully saturated rings. The van der Waals surface area contributed by atoms with Crippen LogP contribution in [-0.4, -0.2) is 53.7 Å². The number of amides is 1. The average Bonchev–Trinajstić information content (AvgIpc) is 2.81. The Balaban J connectivity index is 2.84. The normalized spacial score (nSPS) is 24.5. The zero-order chi connectivity index (χ0) is 14.5. The molecule has 0 aromatic heterocycles. The van der Waals surface area contributed by atoms with Crippen LogP contribution in [0.3, 0.4) is 0 Å². The molecule has 1 aliphatic heterocycles. The molecule has 1 saturated heterocycles. The van der Waals surface area contributed by atoms with E-state index in [9.17, 15) is 14.7 Å². The number of nitrogens with two attached hydrogens (primary N) is 1. The summed E-state index contributed by atoms with van der Waals surface area (Å²) in [6.07, 6.45) is 2.29. The van der Waals surface area contributed by atoms with E-state index in [1.54, 1.807) is 0 Å². The van der Waals surface area contributed by atoms with Gasteiger partial charge < -0.3 is 20.5 Å². The maximum Gasteiger partial charge on any atom is 0.329 e. The molecular formula is C13H24N2O4. The lowest BCUT2D eigenvalue weighted by Crippen LogP contribution is -2.53. The number of carboxylic acids is 1. The standard InChI is InChI=1S/C13H24N2O4/c1-3-5-13(12(17)18)6-4-7-15(13)11(16)8-10(9-14)19-2/h10H,3-9,14H2,1-2H3,(H,17,18). The number of nitrogens with zero attached hydrogens (tertiary/aromatic N) is 1. The van der Waals surface area contributed by atoms with Crippen molar-refractivity contribution < 1.29 is 19.4 Å². The first kappa shape index (κ1) is 15.9. The second-order valence-electron chi connectivity index (χ2n) is 5.03. The molecule has 1 rings (SSSR count). The predicted octanol–water partition coefficient (Wildman–Crippen LogP) is 0.596. The van der Waals surface area contributed by atoms with E-state index in [1.807, 2.05) is 6.92 Å². The molecule has 0 saturated carbocycles. The maximum absolute atomic E-state index is 12.3. The summed E-state index contributed by atoms with van der Waals surface area (Å²) in [4.78, 5) is 25.4. The first-order valence-corrected chi connectivity index (χ1v) is 6.78. The molecule has 3 N–H and O–H groups in total. The average molecular weight is 272 g/mol. The largest absolute Gasteiger partial charge is 0.479 e. The van der Waals surface area contributed by atoms with E-state index < -0.39 is 11.5 Å². The van der Waals surface area contributed by atoms with Crippen LogP contribution < -0.4 is 5.73 Å². The number of likely N-dealkylation sites (tertiary alicyclic amines) is 1. The molecule has 0 radical (unpaired) electrons. The number of hydrogen-bond donors (Lipinski definition) is 2. The number of carboxylic acid groups (broad SMARTS) is 1. The molecular weight excluding hydrogens is 248 g/mol. The highest BCUT2D eigenvalue weighted by molar-refractivity contribution is 5.88. The van der Waals surface area contributed by atoms with Crippen LogP contribution in [0.2, 0.25) is 0 Å². The number of hydrogen-bond acceptors (Lipinski definition) is 4. The SMILES string of the molecule is CCCC1(C(=O)O)CCCN1C(=O)CC(CN)OC. The lowest BCUT2D eigenvalue weighted by molar-refractivity contribution is -0.158. The van der Waals surface area contributed by atoms with Gasteiger partial charge in [-0.25, -0.2) is 4.79 Å². The van der Waals surface area contributed by atoms with Gasteiger partial charge in [-0.3, -0.25) is 4.79 Å². The van der Waals surface area contributed by atoms with Gasteiger partial charge in [-0.2, -0.15) is 0 Å². The van der Waals surface area contributed by atoms with Gasteiger partial charge in [0.1, 0.15) is 5.54 Å². The first-order valence-electron chi connectivity index (χ1n) is 6.78. The molecule has 0 bridgehead atoms. The Morgan fingerprint density at radius 2 is 2.21 bits per heavy atom. The van der Waals surface area contributed by atoms with Crippen LogP contribution >= 0.6 is 0 Å². The minimum atomic E-state index is -1.03. The van der Waals surface area contributed by atoms with Crippen LogP contribution in [0.1, 0.15) is 39.0 Å². The molecule has 2 unspecified atom stereocenters. The maximum atomic E-state index is 12.3. The van der Waals surface area contributed by atoms with Gasteiger partial charge in [0.15, 0.2) is 0 Å². The van der Waals surface area contributed by atoms with Crippen LogP contribution in [0, 0.1) is 0 Å². The van der Waals surface area contributed by atoms with E-state index in [1.165, 1.54) is 12.0 Å². The Hall–Kier alpha value is -1.14. The van der Waals surface area contributed by atoms with Crippen LogP contribution in [0.5, 0.6) is 0 Å². The minimum Gasteiger partial charge on any atom is -0.479 e. The Labute approximate surface area is 113 Å². The second-order valence-corrected chi connectivity index (χ2v) is 5.03. The molecule has 1 amide bonds. The van der Waals surface area contributed by atoms with Gasteiger partial charge in [0.05, 0.1) is 12.5 Å². The van der Waals surface area contributed by atoms with Crippen LogP contribution in [0.25, 0.3) is 0 Å².